The molecule has 0 heterocycles. The average molecular weight is 828 g/mol. The molecule has 0 fully saturated rings. The van der Waals surface area contributed by atoms with Gasteiger partial charge in [0.1, 0.15) is 12.2 Å². The molecular formula is C40H49F4N9O6. The minimum atomic E-state index is -3.77. The maximum Gasteiger partial charge on any atom is 0.339 e. The molecule has 0 aliphatic carbocycles. The van der Waals surface area contributed by atoms with E-state index >= 15 is 0 Å². The Bertz CT molecular complexity index is 1820. The van der Waals surface area contributed by atoms with Gasteiger partial charge in [-0.1, -0.05) is 130 Å². The lowest BCUT2D eigenvalue weighted by Gasteiger charge is -2.22. The van der Waals surface area contributed by atoms with E-state index < -0.39 is 55.3 Å². The molecule has 3 aromatic carbocycles. The number of rotatable bonds is 21. The first-order valence-corrected chi connectivity index (χ1v) is 17.6. The highest BCUT2D eigenvalue weighted by atomic mass is 19.3. The summed E-state index contributed by atoms with van der Waals surface area (Å²) in [7, 11) is 0. The largest absolute Gasteiger partial charge is 0.479 e. The Hall–Kier alpha value is -6.16. The molecule has 0 radical (unpaired) electrons. The van der Waals surface area contributed by atoms with Gasteiger partial charge in [0.05, 0.1) is 45.6 Å². The van der Waals surface area contributed by atoms with E-state index in [0.29, 0.717) is 12.2 Å². The molecule has 0 bridgehead atoms. The molecule has 3 aromatic rings. The zero-order chi connectivity index (χ0) is 44.5. The Morgan fingerprint density at radius 3 is 1.46 bits per heavy atom. The quantitative estimate of drug-likeness (QED) is 0.0348. The molecule has 4 atom stereocenters. The van der Waals surface area contributed by atoms with Crippen molar-refractivity contribution >= 4 is 5.97 Å². The third-order valence-corrected chi connectivity index (χ3v) is 7.27. The van der Waals surface area contributed by atoms with E-state index in [-0.39, 0.29) is 19.8 Å². The number of hydrogen-bond acceptors (Lipinski definition) is 8. The second-order valence-electron chi connectivity index (χ2n) is 12.1. The number of carboxylic acid groups (broad SMARTS) is 1. The molecule has 0 unspecified atom stereocenters. The van der Waals surface area contributed by atoms with E-state index in [9.17, 15) is 27.5 Å². The lowest BCUT2D eigenvalue weighted by Crippen LogP contribution is -2.44. The Balaban J connectivity index is 0.000000808. The van der Waals surface area contributed by atoms with Crippen LogP contribution in [0.2, 0.25) is 0 Å². The van der Waals surface area contributed by atoms with Gasteiger partial charge in [-0.25, -0.2) is 22.4 Å². The van der Waals surface area contributed by atoms with E-state index in [0.717, 1.165) is 17.2 Å². The molecule has 0 aliphatic heterocycles. The number of benzene rings is 3. The van der Waals surface area contributed by atoms with Gasteiger partial charge in [-0.2, -0.15) is 0 Å². The molecule has 0 saturated heterocycles. The summed E-state index contributed by atoms with van der Waals surface area (Å²) < 4.78 is 69.2. The highest BCUT2D eigenvalue weighted by Gasteiger charge is 2.45. The summed E-state index contributed by atoms with van der Waals surface area (Å²) in [4.78, 5) is 17.9. The molecule has 19 heteroatoms. The van der Waals surface area contributed by atoms with Gasteiger partial charge in [-0.15, -0.1) is 13.2 Å². The Labute approximate surface area is 340 Å². The van der Waals surface area contributed by atoms with Gasteiger partial charge >= 0.3 is 5.97 Å². The van der Waals surface area contributed by atoms with Crippen molar-refractivity contribution in [2.24, 2.45) is 15.3 Å². The van der Waals surface area contributed by atoms with Crippen LogP contribution in [-0.2, 0) is 38.8 Å². The number of halogens is 4. The number of aliphatic hydroxyl groups is 1. The van der Waals surface area contributed by atoms with Crippen LogP contribution >= 0.6 is 0 Å². The molecule has 0 spiro atoms. The number of aliphatic hydroxyl groups excluding tert-OH is 1. The van der Waals surface area contributed by atoms with Crippen LogP contribution < -0.4 is 0 Å². The summed E-state index contributed by atoms with van der Waals surface area (Å²) in [5.41, 5.74) is 27.9. The lowest BCUT2D eigenvalue weighted by molar-refractivity contribution is -0.180. The zero-order valence-corrected chi connectivity index (χ0v) is 32.9. The molecule has 0 aromatic heterocycles. The third-order valence-electron chi connectivity index (χ3n) is 7.27. The van der Waals surface area contributed by atoms with Crippen molar-refractivity contribution in [1.29, 1.82) is 0 Å². The van der Waals surface area contributed by atoms with E-state index in [4.69, 9.17) is 35.9 Å². The summed E-state index contributed by atoms with van der Waals surface area (Å²) >= 11 is 0. The molecule has 59 heavy (non-hydrogen) atoms. The van der Waals surface area contributed by atoms with Crippen LogP contribution in [0.3, 0.4) is 0 Å². The van der Waals surface area contributed by atoms with Crippen molar-refractivity contribution in [3.05, 3.63) is 176 Å². The number of aliphatic carboxylic acids is 1. The number of ether oxygens (including phenoxy) is 3. The zero-order valence-electron chi connectivity index (χ0n) is 32.9. The van der Waals surface area contributed by atoms with Crippen molar-refractivity contribution in [1.82, 2.24) is 0 Å². The van der Waals surface area contributed by atoms with Crippen molar-refractivity contribution in [2.45, 2.75) is 76.9 Å². The van der Waals surface area contributed by atoms with Gasteiger partial charge in [0.15, 0.2) is 0 Å². The van der Waals surface area contributed by atoms with Gasteiger partial charge in [-0.05, 0) is 54.1 Å². The number of alkyl halides is 4. The Kier molecular flexibility index (Phi) is 27.7. The van der Waals surface area contributed by atoms with Crippen molar-refractivity contribution < 1.29 is 46.8 Å². The van der Waals surface area contributed by atoms with Crippen LogP contribution in [-0.4, -0.2) is 72.1 Å². The van der Waals surface area contributed by atoms with Crippen LogP contribution in [0.25, 0.3) is 31.3 Å². The number of carboxylic acids is 1. The predicted octanol–water partition coefficient (Wildman–Crippen LogP) is 10.7. The SMILES string of the molecule is C=C[C@@H](OCc1ccccc1)C(F)(F)CN=[N+]=[N-].C=C[C@H](OCc1ccccc1)[C@H](O)CN=[N+]=[N-].CC=C(C)C.[N-]=[N+]=NCC(F)(F)[C@@H](OCc1ccccc1)C(=O)O. The summed E-state index contributed by atoms with van der Waals surface area (Å²) in [5, 5.41) is 27.3. The van der Waals surface area contributed by atoms with Gasteiger partial charge < -0.3 is 24.4 Å². The fraction of sp³-hybridized carbons (Fsp3) is 0.375. The lowest BCUT2D eigenvalue weighted by atomic mass is 10.2. The number of azide groups is 3. The fourth-order valence-electron chi connectivity index (χ4n) is 4.00. The normalized spacial score (nSPS) is 12.3. The first-order chi connectivity index (χ1) is 28.1. The second-order valence-corrected chi connectivity index (χ2v) is 12.1. The van der Waals surface area contributed by atoms with E-state index in [1.807, 2.05) is 43.3 Å². The van der Waals surface area contributed by atoms with Crippen molar-refractivity contribution in [2.75, 3.05) is 19.6 Å². The number of carbonyl (C=O) groups is 1. The van der Waals surface area contributed by atoms with Crippen molar-refractivity contribution in [3.8, 4) is 0 Å². The maximum atomic E-state index is 13.5. The monoisotopic (exact) mass is 827 g/mol. The van der Waals surface area contributed by atoms with Crippen LogP contribution in [0, 0.1) is 0 Å². The van der Waals surface area contributed by atoms with Gasteiger partial charge in [0, 0.05) is 14.7 Å². The summed E-state index contributed by atoms with van der Waals surface area (Å²) in [5.74, 6) is -8.84. The minimum Gasteiger partial charge on any atom is -0.479 e. The van der Waals surface area contributed by atoms with Gasteiger partial charge in [0.25, 0.3) is 11.8 Å². The highest BCUT2D eigenvalue weighted by Crippen LogP contribution is 2.25. The standard InChI is InChI=1S/C12H13F2N3O.C12H15N3O2.C11H11F2N3O3.C5H10/c1-2-11(12(13,14)9-16-17-15)18-8-10-6-4-3-5-7-10;1-2-12(11(16)8-14-15-13)17-9-10-6-4-3-5-7-10;12-11(13,7-15-16-14)9(10(17)18)19-6-8-4-2-1-3-5-8;1-4-5(2)3/h2-7,11H,1,8-9H2;2-7,11-12,16H,1,8-9H2;1-5,9H,6-7H2,(H,17,18);4H,1-3H3/t11-;11-,12+;9-;/m110./s1. The fourth-order valence-corrected chi connectivity index (χ4v) is 4.00. The van der Waals surface area contributed by atoms with Gasteiger partial charge in [-0.3, -0.25) is 0 Å². The average Bonchev–Trinajstić information content (AvgIpc) is 3.23. The predicted molar refractivity (Wildman–Crippen MR) is 216 cm³/mol. The number of allylic oxidation sites excluding steroid dienone is 2. The van der Waals surface area contributed by atoms with E-state index in [1.165, 1.54) is 11.6 Å². The maximum absolute atomic E-state index is 13.5. The van der Waals surface area contributed by atoms with Crippen LogP contribution in [0.5, 0.6) is 0 Å². The van der Waals surface area contributed by atoms with E-state index in [1.54, 1.807) is 54.6 Å². The van der Waals surface area contributed by atoms with Crippen LogP contribution in [0.1, 0.15) is 37.5 Å². The molecule has 0 amide bonds. The number of hydrogen-bond donors (Lipinski definition) is 2. The van der Waals surface area contributed by atoms with Crippen molar-refractivity contribution in [3.63, 3.8) is 0 Å². The van der Waals surface area contributed by atoms with Gasteiger partial charge in [0.2, 0.25) is 6.10 Å². The first kappa shape index (κ1) is 52.8. The summed E-state index contributed by atoms with van der Waals surface area (Å²) in [6.45, 7) is 11.0. The number of nitrogens with zero attached hydrogens (tertiary/aromatic N) is 9. The van der Waals surface area contributed by atoms with E-state index in [2.05, 4.69) is 63.2 Å². The topological polar surface area (TPSA) is 232 Å². The smallest absolute Gasteiger partial charge is 0.339 e. The second kappa shape index (κ2) is 30.9. The van der Waals surface area contributed by atoms with Crippen LogP contribution in [0.15, 0.2) is 143 Å². The molecule has 0 aliphatic rings. The molecule has 318 valence electrons. The molecule has 0 saturated carbocycles. The Morgan fingerprint density at radius 1 is 0.712 bits per heavy atom. The summed E-state index contributed by atoms with van der Waals surface area (Å²) in [6, 6.07) is 26.9. The molecular weight excluding hydrogens is 778 g/mol. The highest BCUT2D eigenvalue weighted by molar-refractivity contribution is 5.73. The first-order valence-electron chi connectivity index (χ1n) is 17.6. The third kappa shape index (κ3) is 24.3. The summed E-state index contributed by atoms with van der Waals surface area (Å²) in [6.07, 6.45) is -0.662. The molecule has 15 nitrogen and oxygen atoms in total. The molecule has 2 N–H and O–H groups in total. The molecule has 3 rings (SSSR count). The minimum absolute atomic E-state index is 0.0258. The van der Waals surface area contributed by atoms with Crippen LogP contribution in [0.4, 0.5) is 17.6 Å². The Morgan fingerprint density at radius 2 is 1.10 bits per heavy atom.